The Kier molecular flexibility index (Phi) is 7.21. The standard InChI is InChI=1S/C21H14BrClN2O4S/c1-2-9-29-17-8-7-13(10-14(17)22)11-18-20(27)25(21(28)30-18)12-19(26)24-16-6-4-3-5-15(16)23/h1,3-8,10-11H,9,12H2,(H,24,26)/b18-11+. The molecule has 9 heteroatoms. The van der Waals surface area contributed by atoms with Crippen LogP contribution in [0.15, 0.2) is 51.8 Å². The van der Waals surface area contributed by atoms with Gasteiger partial charge in [0.1, 0.15) is 18.9 Å². The van der Waals surface area contributed by atoms with Gasteiger partial charge < -0.3 is 10.1 Å². The lowest BCUT2D eigenvalue weighted by molar-refractivity contribution is -0.127. The quantitative estimate of drug-likeness (QED) is 0.451. The van der Waals surface area contributed by atoms with Crippen molar-refractivity contribution in [3.05, 3.63) is 62.4 Å². The van der Waals surface area contributed by atoms with Crippen LogP contribution in [-0.2, 0) is 9.59 Å². The average molecular weight is 506 g/mol. The molecule has 1 fully saturated rings. The normalized spacial score (nSPS) is 14.7. The molecule has 1 heterocycles. The average Bonchev–Trinajstić information content (AvgIpc) is 2.96. The van der Waals surface area contributed by atoms with Gasteiger partial charge >= 0.3 is 0 Å². The third kappa shape index (κ3) is 5.25. The minimum atomic E-state index is -0.539. The van der Waals surface area contributed by atoms with Crippen LogP contribution in [-0.4, -0.2) is 35.1 Å². The van der Waals surface area contributed by atoms with Crippen LogP contribution in [0.5, 0.6) is 5.75 Å². The number of halogens is 2. The molecule has 0 bridgehead atoms. The topological polar surface area (TPSA) is 75.7 Å². The summed E-state index contributed by atoms with van der Waals surface area (Å²) in [4.78, 5) is 38.2. The number of anilines is 1. The molecule has 0 spiro atoms. The van der Waals surface area contributed by atoms with Crippen molar-refractivity contribution < 1.29 is 19.1 Å². The molecule has 0 unspecified atom stereocenters. The van der Waals surface area contributed by atoms with Crippen molar-refractivity contribution in [2.45, 2.75) is 0 Å². The first-order chi connectivity index (χ1) is 14.4. The van der Waals surface area contributed by atoms with Gasteiger partial charge in [-0.05, 0) is 63.6 Å². The molecule has 6 nitrogen and oxygen atoms in total. The van der Waals surface area contributed by atoms with Gasteiger partial charge in [0.15, 0.2) is 0 Å². The van der Waals surface area contributed by atoms with Gasteiger partial charge in [-0.3, -0.25) is 19.3 Å². The summed E-state index contributed by atoms with van der Waals surface area (Å²) in [5.74, 6) is 1.88. The number of nitrogens with one attached hydrogen (secondary N) is 1. The van der Waals surface area contributed by atoms with Crippen LogP contribution >= 0.6 is 39.3 Å². The van der Waals surface area contributed by atoms with Gasteiger partial charge in [-0.1, -0.05) is 35.7 Å². The fraction of sp³-hybridized carbons (Fsp3) is 0.0952. The molecule has 0 radical (unpaired) electrons. The molecule has 3 rings (SSSR count). The fourth-order valence-corrected chi connectivity index (χ4v) is 4.06. The highest BCUT2D eigenvalue weighted by Gasteiger charge is 2.36. The predicted octanol–water partition coefficient (Wildman–Crippen LogP) is 4.79. The highest BCUT2D eigenvalue weighted by Crippen LogP contribution is 2.34. The number of thioether (sulfide) groups is 1. The van der Waals surface area contributed by atoms with E-state index in [1.54, 1.807) is 48.5 Å². The fourth-order valence-electron chi connectivity index (χ4n) is 2.53. The van der Waals surface area contributed by atoms with Crippen LogP contribution in [0.4, 0.5) is 10.5 Å². The van der Waals surface area contributed by atoms with Gasteiger partial charge in [-0.25, -0.2) is 0 Å². The van der Waals surface area contributed by atoms with E-state index in [0.29, 0.717) is 26.5 Å². The summed E-state index contributed by atoms with van der Waals surface area (Å²) in [6.45, 7) is -0.275. The lowest BCUT2D eigenvalue weighted by atomic mass is 10.2. The number of carbonyl (C=O) groups is 3. The molecule has 30 heavy (non-hydrogen) atoms. The summed E-state index contributed by atoms with van der Waals surface area (Å²) < 4.78 is 6.03. The lowest BCUT2D eigenvalue weighted by Crippen LogP contribution is -2.36. The van der Waals surface area contributed by atoms with Gasteiger partial charge in [0.2, 0.25) is 5.91 Å². The maximum absolute atomic E-state index is 12.6. The van der Waals surface area contributed by atoms with Crippen LogP contribution in [0, 0.1) is 12.3 Å². The first kappa shape index (κ1) is 22.0. The van der Waals surface area contributed by atoms with Crippen molar-refractivity contribution in [2.75, 3.05) is 18.5 Å². The monoisotopic (exact) mass is 504 g/mol. The Hall–Kier alpha value is -2.73. The molecule has 2 aromatic carbocycles. The van der Waals surface area contributed by atoms with Crippen LogP contribution in [0.3, 0.4) is 0 Å². The molecule has 1 aliphatic heterocycles. The number of carbonyl (C=O) groups excluding carboxylic acids is 3. The Labute approximate surface area is 190 Å². The highest BCUT2D eigenvalue weighted by molar-refractivity contribution is 9.10. The van der Waals surface area contributed by atoms with E-state index in [1.807, 2.05) is 0 Å². The molecule has 1 N–H and O–H groups in total. The molecule has 3 amide bonds. The largest absolute Gasteiger partial charge is 0.480 e. The molecule has 1 saturated heterocycles. The molecule has 0 atom stereocenters. The summed E-state index contributed by atoms with van der Waals surface area (Å²) >= 11 is 10.2. The number of hydrogen-bond donors (Lipinski definition) is 1. The zero-order valence-corrected chi connectivity index (χ0v) is 18.5. The SMILES string of the molecule is C#CCOc1ccc(/C=C2/SC(=O)N(CC(=O)Nc3ccccc3Cl)C2=O)cc1Br. The second-order valence-electron chi connectivity index (χ2n) is 5.98. The van der Waals surface area contributed by atoms with E-state index in [0.717, 1.165) is 16.7 Å². The Balaban J connectivity index is 1.70. The van der Waals surface area contributed by atoms with E-state index in [2.05, 4.69) is 27.2 Å². The maximum Gasteiger partial charge on any atom is 0.294 e. The van der Waals surface area contributed by atoms with Gasteiger partial charge in [0.05, 0.1) is 20.1 Å². The Morgan fingerprint density at radius 2 is 2.07 bits per heavy atom. The molecule has 0 saturated carbocycles. The van der Waals surface area contributed by atoms with Crippen molar-refractivity contribution in [3.8, 4) is 18.1 Å². The second-order valence-corrected chi connectivity index (χ2v) is 8.23. The maximum atomic E-state index is 12.6. The molecule has 0 aliphatic carbocycles. The summed E-state index contributed by atoms with van der Waals surface area (Å²) in [5, 5.41) is 2.43. The molecule has 2 aromatic rings. The van der Waals surface area contributed by atoms with E-state index in [9.17, 15) is 14.4 Å². The number of imide groups is 1. The van der Waals surface area contributed by atoms with E-state index >= 15 is 0 Å². The van der Waals surface area contributed by atoms with Crippen molar-refractivity contribution in [3.63, 3.8) is 0 Å². The van der Waals surface area contributed by atoms with Gasteiger partial charge in [0, 0.05) is 0 Å². The molecule has 0 aromatic heterocycles. The summed E-state index contributed by atoms with van der Waals surface area (Å²) in [6, 6.07) is 11.9. The van der Waals surface area contributed by atoms with Crippen LogP contribution in [0.1, 0.15) is 5.56 Å². The number of para-hydroxylation sites is 1. The van der Waals surface area contributed by atoms with E-state index < -0.39 is 23.6 Å². The van der Waals surface area contributed by atoms with Crippen LogP contribution in [0.25, 0.3) is 6.08 Å². The number of nitrogens with zero attached hydrogens (tertiary/aromatic N) is 1. The van der Waals surface area contributed by atoms with Crippen LogP contribution < -0.4 is 10.1 Å². The summed E-state index contributed by atoms with van der Waals surface area (Å²) in [6.07, 6.45) is 6.76. The van der Waals surface area contributed by atoms with E-state index in [-0.39, 0.29) is 11.5 Å². The highest BCUT2D eigenvalue weighted by atomic mass is 79.9. The zero-order valence-electron chi connectivity index (χ0n) is 15.4. The summed E-state index contributed by atoms with van der Waals surface area (Å²) in [7, 11) is 0. The van der Waals surface area contributed by atoms with Crippen molar-refractivity contribution in [1.82, 2.24) is 4.90 Å². The molecule has 152 valence electrons. The third-order valence-electron chi connectivity index (χ3n) is 3.89. The smallest absolute Gasteiger partial charge is 0.294 e. The number of ether oxygens (including phenoxy) is 1. The second kappa shape index (κ2) is 9.85. The number of amides is 3. The molecular formula is C21H14BrClN2O4S. The molecule has 1 aliphatic rings. The minimum Gasteiger partial charge on any atom is -0.480 e. The van der Waals surface area contributed by atoms with Crippen molar-refractivity contribution in [1.29, 1.82) is 0 Å². The predicted molar refractivity (Wildman–Crippen MR) is 121 cm³/mol. The molecular weight excluding hydrogens is 492 g/mol. The first-order valence-corrected chi connectivity index (χ1v) is 10.5. The van der Waals surface area contributed by atoms with Gasteiger partial charge in [-0.2, -0.15) is 0 Å². The zero-order chi connectivity index (χ0) is 21.7. The third-order valence-corrected chi connectivity index (χ3v) is 5.74. The first-order valence-electron chi connectivity index (χ1n) is 8.54. The Morgan fingerprint density at radius 3 is 2.77 bits per heavy atom. The minimum absolute atomic E-state index is 0.132. The van der Waals surface area contributed by atoms with Crippen molar-refractivity contribution >= 4 is 68.1 Å². The van der Waals surface area contributed by atoms with Gasteiger partial charge in [0.25, 0.3) is 11.1 Å². The number of benzene rings is 2. The van der Waals surface area contributed by atoms with E-state index in [4.69, 9.17) is 22.8 Å². The van der Waals surface area contributed by atoms with Gasteiger partial charge in [-0.15, -0.1) is 6.42 Å². The lowest BCUT2D eigenvalue weighted by Gasteiger charge is -2.13. The summed E-state index contributed by atoms with van der Waals surface area (Å²) in [5.41, 5.74) is 1.09. The number of terminal acetylenes is 1. The number of rotatable bonds is 6. The van der Waals surface area contributed by atoms with Crippen LogP contribution in [0.2, 0.25) is 5.02 Å². The number of hydrogen-bond acceptors (Lipinski definition) is 5. The van der Waals surface area contributed by atoms with E-state index in [1.165, 1.54) is 0 Å². The van der Waals surface area contributed by atoms with Crippen molar-refractivity contribution in [2.24, 2.45) is 0 Å². The Morgan fingerprint density at radius 1 is 1.30 bits per heavy atom. The Bertz CT molecular complexity index is 1100.